The van der Waals surface area contributed by atoms with Crippen LogP contribution in [-0.2, 0) is 4.74 Å². The third-order valence-corrected chi connectivity index (χ3v) is 4.15. The van der Waals surface area contributed by atoms with E-state index in [2.05, 4.69) is 4.74 Å². The van der Waals surface area contributed by atoms with Crippen molar-refractivity contribution in [1.29, 1.82) is 0 Å². The molecule has 0 aliphatic heterocycles. The lowest BCUT2D eigenvalue weighted by Crippen LogP contribution is -2.51. The Morgan fingerprint density at radius 1 is 0.926 bits per heavy atom. The van der Waals surface area contributed by atoms with Crippen molar-refractivity contribution in [3.05, 3.63) is 60.2 Å². The minimum atomic E-state index is -5.47. The fraction of sp³-hybridized carbons (Fsp3) is 0.211. The molecule has 27 heavy (non-hydrogen) atoms. The number of esters is 1. The topological polar surface area (TPSA) is 52.3 Å². The van der Waals surface area contributed by atoms with Gasteiger partial charge in [0, 0.05) is 0 Å². The van der Waals surface area contributed by atoms with Crippen LogP contribution in [0.1, 0.15) is 10.4 Å². The first-order chi connectivity index (χ1) is 12.6. The third-order valence-electron chi connectivity index (χ3n) is 4.15. The minimum absolute atomic E-state index is 0.203. The van der Waals surface area contributed by atoms with Crippen molar-refractivity contribution in [1.82, 2.24) is 0 Å². The second-order valence-electron chi connectivity index (χ2n) is 5.99. The van der Waals surface area contributed by atoms with Crippen molar-refractivity contribution in [2.24, 2.45) is 5.73 Å². The van der Waals surface area contributed by atoms with Crippen molar-refractivity contribution >= 4 is 27.5 Å². The number of carbonyl (C=O) groups is 1. The van der Waals surface area contributed by atoms with Crippen molar-refractivity contribution < 1.29 is 31.5 Å². The molecule has 3 aromatic rings. The molecular weight excluding hydrogens is 369 g/mol. The lowest BCUT2D eigenvalue weighted by molar-refractivity contribution is -0.265. The van der Waals surface area contributed by atoms with Gasteiger partial charge in [0.25, 0.3) is 6.10 Å². The van der Waals surface area contributed by atoms with Gasteiger partial charge in [-0.3, -0.25) is 0 Å². The first-order valence-corrected chi connectivity index (χ1v) is 7.91. The molecule has 0 saturated heterocycles. The highest BCUT2D eigenvalue weighted by Gasteiger charge is 2.58. The van der Waals surface area contributed by atoms with Gasteiger partial charge in [-0.15, -0.1) is 0 Å². The largest absolute Gasteiger partial charge is 0.442 e. The summed E-state index contributed by atoms with van der Waals surface area (Å²) in [4.78, 5) is 12.6. The number of alkyl halides is 5. The van der Waals surface area contributed by atoms with E-state index in [1.165, 1.54) is 12.1 Å². The van der Waals surface area contributed by atoms with E-state index >= 15 is 0 Å². The molecule has 0 bridgehead atoms. The van der Waals surface area contributed by atoms with E-state index in [9.17, 15) is 26.7 Å². The van der Waals surface area contributed by atoms with Gasteiger partial charge in [0.1, 0.15) is 0 Å². The zero-order valence-electron chi connectivity index (χ0n) is 13.8. The molecule has 0 aromatic heterocycles. The number of nitrogens with two attached hydrogens (primary N) is 1. The normalized spacial score (nSPS) is 13.7. The number of hydrogen-bond acceptors (Lipinski definition) is 3. The maximum absolute atomic E-state index is 13.7. The number of halogens is 5. The second kappa shape index (κ2) is 6.77. The van der Waals surface area contributed by atoms with Gasteiger partial charge in [-0.2, -0.15) is 13.2 Å². The second-order valence-corrected chi connectivity index (χ2v) is 5.99. The van der Waals surface area contributed by atoms with Crippen molar-refractivity contribution in [2.75, 3.05) is 6.54 Å². The molecule has 0 amide bonds. The Morgan fingerprint density at radius 3 is 1.85 bits per heavy atom. The number of fused-ring (bicyclic) bond motifs is 2. The van der Waals surface area contributed by atoms with Crippen LogP contribution in [0, 0.1) is 0 Å². The van der Waals surface area contributed by atoms with E-state index in [-0.39, 0.29) is 5.56 Å². The molecule has 0 saturated carbocycles. The van der Waals surface area contributed by atoms with Crippen LogP contribution in [0.5, 0.6) is 0 Å². The Bertz CT molecular complexity index is 946. The summed E-state index contributed by atoms with van der Waals surface area (Å²) in [6.45, 7) is -1.61. The van der Waals surface area contributed by atoms with E-state index in [1.807, 2.05) is 0 Å². The van der Waals surface area contributed by atoms with Crippen molar-refractivity contribution in [3.63, 3.8) is 0 Å². The van der Waals surface area contributed by atoms with E-state index in [4.69, 9.17) is 5.73 Å². The van der Waals surface area contributed by atoms with E-state index in [0.29, 0.717) is 21.5 Å². The molecular formula is C19H14F5NO2. The van der Waals surface area contributed by atoms with Crippen LogP contribution < -0.4 is 5.73 Å². The molecule has 142 valence electrons. The molecule has 1 atom stereocenters. The van der Waals surface area contributed by atoms with Crippen LogP contribution in [0.2, 0.25) is 0 Å². The SMILES string of the molecule is NCC(F)(F)C(OC(=O)c1c2ccccc2cc2ccccc12)C(F)(F)F. The molecule has 0 aliphatic carbocycles. The monoisotopic (exact) mass is 383 g/mol. The highest BCUT2D eigenvalue weighted by atomic mass is 19.4. The van der Waals surface area contributed by atoms with Gasteiger partial charge in [0.05, 0.1) is 12.1 Å². The number of rotatable bonds is 4. The summed E-state index contributed by atoms with van der Waals surface area (Å²) in [5.74, 6) is -5.94. The van der Waals surface area contributed by atoms with Gasteiger partial charge < -0.3 is 10.5 Å². The quantitative estimate of drug-likeness (QED) is 0.405. The Balaban J connectivity index is 2.17. The predicted octanol–water partition coefficient (Wildman–Crippen LogP) is 4.67. The van der Waals surface area contributed by atoms with Gasteiger partial charge in [0.15, 0.2) is 0 Å². The van der Waals surface area contributed by atoms with E-state index in [1.54, 1.807) is 42.5 Å². The van der Waals surface area contributed by atoms with E-state index in [0.717, 1.165) is 0 Å². The summed E-state index contributed by atoms with van der Waals surface area (Å²) in [6, 6.07) is 14.7. The van der Waals surface area contributed by atoms with Crippen LogP contribution in [0.4, 0.5) is 22.0 Å². The molecule has 0 radical (unpaired) electrons. The molecule has 0 spiro atoms. The van der Waals surface area contributed by atoms with Crippen LogP contribution in [0.25, 0.3) is 21.5 Å². The van der Waals surface area contributed by atoms with Gasteiger partial charge in [-0.1, -0.05) is 48.5 Å². The molecule has 8 heteroatoms. The highest BCUT2D eigenvalue weighted by molar-refractivity contribution is 6.16. The summed E-state index contributed by atoms with van der Waals surface area (Å²) < 4.78 is 71.0. The minimum Gasteiger partial charge on any atom is -0.442 e. The van der Waals surface area contributed by atoms with Gasteiger partial charge in [-0.25, -0.2) is 13.6 Å². The summed E-state index contributed by atoms with van der Waals surface area (Å²) in [5, 5.41) is 1.74. The Labute approximate surface area is 150 Å². The summed E-state index contributed by atoms with van der Waals surface area (Å²) in [6.07, 6.45) is -9.11. The number of carbonyl (C=O) groups excluding carboxylic acids is 1. The number of benzene rings is 3. The molecule has 3 aromatic carbocycles. The fourth-order valence-electron chi connectivity index (χ4n) is 2.90. The maximum atomic E-state index is 13.7. The van der Waals surface area contributed by atoms with Crippen LogP contribution in [0.3, 0.4) is 0 Å². The fourth-order valence-corrected chi connectivity index (χ4v) is 2.90. The highest BCUT2D eigenvalue weighted by Crippen LogP contribution is 2.36. The van der Waals surface area contributed by atoms with Crippen LogP contribution in [0.15, 0.2) is 54.6 Å². The summed E-state index contributed by atoms with van der Waals surface area (Å²) in [7, 11) is 0. The first-order valence-electron chi connectivity index (χ1n) is 7.91. The Morgan fingerprint density at radius 2 is 1.41 bits per heavy atom. The van der Waals surface area contributed by atoms with Crippen LogP contribution >= 0.6 is 0 Å². The van der Waals surface area contributed by atoms with E-state index < -0.39 is 30.7 Å². The Hall–Kier alpha value is -2.74. The average Bonchev–Trinajstić information content (AvgIpc) is 2.62. The zero-order chi connectivity index (χ0) is 19.8. The third kappa shape index (κ3) is 3.57. The van der Waals surface area contributed by atoms with Gasteiger partial charge >= 0.3 is 18.1 Å². The Kier molecular flexibility index (Phi) is 4.77. The average molecular weight is 383 g/mol. The maximum Gasteiger partial charge on any atom is 0.431 e. The molecule has 0 heterocycles. The first kappa shape index (κ1) is 19.0. The number of ether oxygens (including phenoxy) is 1. The van der Waals surface area contributed by atoms with Crippen LogP contribution in [-0.4, -0.2) is 30.7 Å². The molecule has 0 fully saturated rings. The van der Waals surface area contributed by atoms with Crippen molar-refractivity contribution in [3.8, 4) is 0 Å². The number of hydrogen-bond donors (Lipinski definition) is 1. The molecule has 3 rings (SSSR count). The van der Waals surface area contributed by atoms with Gasteiger partial charge in [-0.05, 0) is 27.6 Å². The summed E-state index contributed by atoms with van der Waals surface area (Å²) >= 11 is 0. The lowest BCUT2D eigenvalue weighted by atomic mass is 9.97. The molecule has 3 nitrogen and oxygen atoms in total. The van der Waals surface area contributed by atoms with Crippen molar-refractivity contribution in [2.45, 2.75) is 18.2 Å². The standard InChI is InChI=1S/C19H14F5NO2/c20-18(21,10-25)17(19(22,23)24)27-16(26)15-13-7-3-1-5-11(13)9-12-6-2-4-8-14(12)15/h1-9,17H,10,25H2. The lowest BCUT2D eigenvalue weighted by Gasteiger charge is -2.27. The molecule has 0 aliphatic rings. The molecule has 2 N–H and O–H groups in total. The smallest absolute Gasteiger partial charge is 0.431 e. The van der Waals surface area contributed by atoms with Gasteiger partial charge in [0.2, 0.25) is 0 Å². The summed E-state index contributed by atoms with van der Waals surface area (Å²) in [5.41, 5.74) is 4.56. The molecule has 1 unspecified atom stereocenters. The zero-order valence-corrected chi connectivity index (χ0v) is 13.8. The predicted molar refractivity (Wildman–Crippen MR) is 90.7 cm³/mol.